The van der Waals surface area contributed by atoms with Crippen LogP contribution in [0.25, 0.3) is 0 Å². The fraction of sp³-hybridized carbons (Fsp3) is 0.500. The molecule has 0 aromatic heterocycles. The number of hydrogen-bond acceptors (Lipinski definition) is 5. The summed E-state index contributed by atoms with van der Waals surface area (Å²) in [4.78, 5) is 25.0. The highest BCUT2D eigenvalue weighted by Gasteiger charge is 2.26. The monoisotopic (exact) mass is 292 g/mol. The molecule has 1 unspecified atom stereocenters. The number of hydrogen-bond donors (Lipinski definition) is 2. The van der Waals surface area contributed by atoms with Crippen molar-refractivity contribution in [2.75, 3.05) is 25.4 Å². The molecule has 1 aliphatic rings. The SMILES string of the molecule is CCN1CCCC(NC(=O)c2cccc(N)c2[N+](=O)[O-])C1. The molecule has 0 aliphatic carbocycles. The molecule has 1 saturated heterocycles. The minimum Gasteiger partial charge on any atom is -0.393 e. The Morgan fingerprint density at radius 1 is 1.57 bits per heavy atom. The van der Waals surface area contributed by atoms with Gasteiger partial charge in [-0.25, -0.2) is 0 Å². The van der Waals surface area contributed by atoms with E-state index in [2.05, 4.69) is 17.1 Å². The molecule has 1 heterocycles. The number of anilines is 1. The summed E-state index contributed by atoms with van der Waals surface area (Å²) in [5, 5.41) is 14.0. The van der Waals surface area contributed by atoms with Gasteiger partial charge < -0.3 is 16.0 Å². The van der Waals surface area contributed by atoms with Crippen molar-refractivity contribution in [3.8, 4) is 0 Å². The maximum atomic E-state index is 12.3. The van der Waals surface area contributed by atoms with Crippen LogP contribution in [0.2, 0.25) is 0 Å². The maximum Gasteiger partial charge on any atom is 0.304 e. The summed E-state index contributed by atoms with van der Waals surface area (Å²) in [5.41, 5.74) is 5.31. The fourth-order valence-electron chi connectivity index (χ4n) is 2.67. The minimum absolute atomic E-state index is 0.00600. The Bertz CT molecular complexity index is 547. The third-order valence-electron chi connectivity index (χ3n) is 3.78. The first kappa shape index (κ1) is 15.2. The highest BCUT2D eigenvalue weighted by atomic mass is 16.6. The number of nitro groups is 1. The van der Waals surface area contributed by atoms with E-state index in [4.69, 9.17) is 5.73 Å². The van der Waals surface area contributed by atoms with E-state index in [0.717, 1.165) is 32.5 Å². The lowest BCUT2D eigenvalue weighted by Gasteiger charge is -2.32. The number of para-hydroxylation sites is 1. The van der Waals surface area contributed by atoms with E-state index in [-0.39, 0.29) is 23.0 Å². The van der Waals surface area contributed by atoms with E-state index in [1.165, 1.54) is 12.1 Å². The molecule has 1 amide bonds. The molecule has 3 N–H and O–H groups in total. The van der Waals surface area contributed by atoms with Crippen LogP contribution < -0.4 is 11.1 Å². The number of likely N-dealkylation sites (tertiary alicyclic amines) is 1. The molecule has 7 nitrogen and oxygen atoms in total. The summed E-state index contributed by atoms with van der Waals surface area (Å²) in [6.07, 6.45) is 1.90. The summed E-state index contributed by atoms with van der Waals surface area (Å²) < 4.78 is 0. The van der Waals surface area contributed by atoms with Crippen molar-refractivity contribution in [1.29, 1.82) is 0 Å². The van der Waals surface area contributed by atoms with Crippen LogP contribution in [-0.4, -0.2) is 41.4 Å². The second-order valence-electron chi connectivity index (χ2n) is 5.21. The summed E-state index contributed by atoms with van der Waals surface area (Å²) >= 11 is 0. The van der Waals surface area contributed by atoms with E-state index >= 15 is 0 Å². The molecule has 1 aromatic carbocycles. The van der Waals surface area contributed by atoms with Crippen LogP contribution in [0.15, 0.2) is 18.2 Å². The van der Waals surface area contributed by atoms with Gasteiger partial charge in [-0.2, -0.15) is 0 Å². The van der Waals surface area contributed by atoms with Gasteiger partial charge in [-0.05, 0) is 38.1 Å². The van der Waals surface area contributed by atoms with Crippen LogP contribution in [0.5, 0.6) is 0 Å². The average Bonchev–Trinajstić information content (AvgIpc) is 2.46. The number of amides is 1. The highest BCUT2D eigenvalue weighted by molar-refractivity contribution is 6.00. The van der Waals surface area contributed by atoms with Gasteiger partial charge in [0.2, 0.25) is 0 Å². The standard InChI is InChI=1S/C14H20N4O3/c1-2-17-8-4-5-10(9-17)16-14(19)11-6-3-7-12(15)13(11)18(20)21/h3,6-7,10H,2,4-5,8-9,15H2,1H3,(H,16,19). The molecular weight excluding hydrogens is 272 g/mol. The first-order valence-corrected chi connectivity index (χ1v) is 7.09. The number of carbonyl (C=O) groups is 1. The molecule has 0 radical (unpaired) electrons. The first-order chi connectivity index (χ1) is 10.0. The Morgan fingerprint density at radius 3 is 3.00 bits per heavy atom. The first-order valence-electron chi connectivity index (χ1n) is 7.09. The third kappa shape index (κ3) is 3.49. The number of carbonyl (C=O) groups excluding carboxylic acids is 1. The average molecular weight is 292 g/mol. The highest BCUT2D eigenvalue weighted by Crippen LogP contribution is 2.26. The van der Waals surface area contributed by atoms with Gasteiger partial charge >= 0.3 is 5.69 Å². The van der Waals surface area contributed by atoms with Crippen LogP contribution in [-0.2, 0) is 0 Å². The van der Waals surface area contributed by atoms with Gasteiger partial charge in [-0.1, -0.05) is 13.0 Å². The normalized spacial score (nSPS) is 19.2. The topological polar surface area (TPSA) is 102 Å². The fourth-order valence-corrected chi connectivity index (χ4v) is 2.67. The van der Waals surface area contributed by atoms with Gasteiger partial charge in [0.05, 0.1) is 4.92 Å². The quantitative estimate of drug-likeness (QED) is 0.496. The smallest absolute Gasteiger partial charge is 0.304 e. The summed E-state index contributed by atoms with van der Waals surface area (Å²) in [5.74, 6) is -0.433. The Morgan fingerprint density at radius 2 is 2.33 bits per heavy atom. The Labute approximate surface area is 123 Å². The largest absolute Gasteiger partial charge is 0.393 e. The number of likely N-dealkylation sites (N-methyl/N-ethyl adjacent to an activating group) is 1. The molecule has 114 valence electrons. The van der Waals surface area contributed by atoms with Crippen molar-refractivity contribution in [1.82, 2.24) is 10.2 Å². The minimum atomic E-state index is -0.608. The number of nitro benzene ring substituents is 1. The van der Waals surface area contributed by atoms with Crippen LogP contribution in [0.3, 0.4) is 0 Å². The third-order valence-corrected chi connectivity index (χ3v) is 3.78. The lowest BCUT2D eigenvalue weighted by atomic mass is 10.0. The molecule has 1 aromatic rings. The van der Waals surface area contributed by atoms with E-state index in [9.17, 15) is 14.9 Å². The van der Waals surface area contributed by atoms with Crippen molar-refractivity contribution in [2.24, 2.45) is 0 Å². The van der Waals surface area contributed by atoms with Gasteiger partial charge in [-0.15, -0.1) is 0 Å². The second kappa shape index (κ2) is 6.53. The van der Waals surface area contributed by atoms with Crippen LogP contribution >= 0.6 is 0 Å². The van der Waals surface area contributed by atoms with E-state index < -0.39 is 10.8 Å². The van der Waals surface area contributed by atoms with E-state index in [1.807, 2.05) is 0 Å². The van der Waals surface area contributed by atoms with Crippen molar-refractivity contribution in [3.05, 3.63) is 33.9 Å². The van der Waals surface area contributed by atoms with Gasteiger partial charge in [0.1, 0.15) is 11.3 Å². The number of piperidine rings is 1. The van der Waals surface area contributed by atoms with Crippen LogP contribution in [0, 0.1) is 10.1 Å². The molecule has 1 aliphatic heterocycles. The maximum absolute atomic E-state index is 12.3. The molecule has 1 atom stereocenters. The molecule has 2 rings (SSSR count). The second-order valence-corrected chi connectivity index (χ2v) is 5.21. The number of benzene rings is 1. The summed E-state index contributed by atoms with van der Waals surface area (Å²) in [7, 11) is 0. The molecule has 0 bridgehead atoms. The number of nitrogens with zero attached hydrogens (tertiary/aromatic N) is 2. The lowest BCUT2D eigenvalue weighted by molar-refractivity contribution is -0.384. The van der Waals surface area contributed by atoms with Gasteiger partial charge in [0, 0.05) is 12.6 Å². The summed E-state index contributed by atoms with van der Waals surface area (Å²) in [6, 6.07) is 4.43. The number of nitrogens with two attached hydrogens (primary N) is 1. The van der Waals surface area contributed by atoms with Gasteiger partial charge in [0.25, 0.3) is 5.91 Å². The molecule has 7 heteroatoms. The van der Waals surface area contributed by atoms with Crippen molar-refractivity contribution in [3.63, 3.8) is 0 Å². The Kier molecular flexibility index (Phi) is 4.74. The molecular formula is C14H20N4O3. The Balaban J connectivity index is 2.14. The zero-order valence-corrected chi connectivity index (χ0v) is 12.0. The number of nitrogen functional groups attached to an aromatic ring is 1. The van der Waals surface area contributed by atoms with Crippen molar-refractivity contribution in [2.45, 2.75) is 25.8 Å². The lowest BCUT2D eigenvalue weighted by Crippen LogP contribution is -2.47. The zero-order chi connectivity index (χ0) is 15.4. The zero-order valence-electron chi connectivity index (χ0n) is 12.0. The van der Waals surface area contributed by atoms with Crippen LogP contribution in [0.1, 0.15) is 30.1 Å². The van der Waals surface area contributed by atoms with E-state index in [1.54, 1.807) is 6.07 Å². The number of nitrogens with one attached hydrogen (secondary N) is 1. The van der Waals surface area contributed by atoms with E-state index in [0.29, 0.717) is 0 Å². The molecule has 0 saturated carbocycles. The molecule has 0 spiro atoms. The predicted molar refractivity (Wildman–Crippen MR) is 80.1 cm³/mol. The van der Waals surface area contributed by atoms with Crippen molar-refractivity contribution < 1.29 is 9.72 Å². The number of rotatable bonds is 4. The predicted octanol–water partition coefficient (Wildman–Crippen LogP) is 1.39. The van der Waals surface area contributed by atoms with Gasteiger partial charge in [0.15, 0.2) is 0 Å². The van der Waals surface area contributed by atoms with Crippen molar-refractivity contribution >= 4 is 17.3 Å². The van der Waals surface area contributed by atoms with Gasteiger partial charge in [-0.3, -0.25) is 14.9 Å². The summed E-state index contributed by atoms with van der Waals surface area (Å²) in [6.45, 7) is 4.82. The Hall–Kier alpha value is -2.15. The molecule has 21 heavy (non-hydrogen) atoms. The molecule has 1 fully saturated rings. The van der Waals surface area contributed by atoms with Crippen LogP contribution in [0.4, 0.5) is 11.4 Å².